The first kappa shape index (κ1) is 22.4. The van der Waals surface area contributed by atoms with Gasteiger partial charge in [-0.1, -0.05) is 5.92 Å². The molecule has 1 saturated heterocycles. The van der Waals surface area contributed by atoms with E-state index >= 15 is 4.39 Å². The number of nitrogens with one attached hydrogen (secondary N) is 2. The number of nitrogens with zero attached hydrogens (tertiary/aromatic N) is 5. The zero-order chi connectivity index (χ0) is 25.1. The van der Waals surface area contributed by atoms with E-state index in [1.54, 1.807) is 7.05 Å². The fourth-order valence-electron chi connectivity index (χ4n) is 5.34. The lowest BCUT2D eigenvalue weighted by Gasteiger charge is -2.31. The molecule has 4 aromatic rings. The first-order valence-corrected chi connectivity index (χ1v) is 11.7. The molecule has 2 fully saturated rings. The van der Waals surface area contributed by atoms with Gasteiger partial charge in [-0.2, -0.15) is 9.97 Å². The van der Waals surface area contributed by atoms with Crippen LogP contribution in [-0.4, -0.2) is 50.6 Å². The van der Waals surface area contributed by atoms with E-state index in [0.717, 1.165) is 18.9 Å². The van der Waals surface area contributed by atoms with Gasteiger partial charge >= 0.3 is 6.01 Å². The molecule has 11 heteroatoms. The van der Waals surface area contributed by atoms with Gasteiger partial charge in [0.1, 0.15) is 17.3 Å². The van der Waals surface area contributed by atoms with Crippen molar-refractivity contribution in [3.63, 3.8) is 0 Å². The summed E-state index contributed by atoms with van der Waals surface area (Å²) in [4.78, 5) is 22.9. The fraction of sp³-hybridized carbons (Fsp3) is 0.360. The topological polar surface area (TPSA) is 118 Å². The van der Waals surface area contributed by atoms with Gasteiger partial charge < -0.3 is 25.7 Å². The quantitative estimate of drug-likeness (QED) is 0.363. The monoisotopic (exact) mass is 490 g/mol. The van der Waals surface area contributed by atoms with E-state index in [1.165, 1.54) is 12.4 Å². The van der Waals surface area contributed by atoms with Crippen LogP contribution in [0.2, 0.25) is 0 Å². The smallest absolute Gasteiger partial charge is 0.326 e. The van der Waals surface area contributed by atoms with Crippen LogP contribution < -0.4 is 20.7 Å². The van der Waals surface area contributed by atoms with Crippen LogP contribution in [0.5, 0.6) is 11.8 Å². The molecule has 6 rings (SSSR count). The van der Waals surface area contributed by atoms with E-state index in [2.05, 4.69) is 41.1 Å². The van der Waals surface area contributed by atoms with Crippen molar-refractivity contribution < 1.29 is 13.5 Å². The standard InChI is InChI=1S/C25H24F2N8O/c1-4-11(2)22-30-8-14(9-31-22)36-25-33-23-19(18-20(27)15(26)7-17(29-3)21(18)32-23)24(34-25)35-10-12-5-13(35)6-16(12)28/h1,7-9,11-13,16,29H,5-6,10,28H2,2-3H3,(H,32,33,34)/t11?,12-,13-,16-/m1/s1. The van der Waals surface area contributed by atoms with Crippen molar-refractivity contribution in [2.45, 2.75) is 37.8 Å². The molecule has 1 unspecified atom stereocenters. The Labute approximate surface area is 205 Å². The van der Waals surface area contributed by atoms with Crippen molar-refractivity contribution in [2.75, 3.05) is 23.8 Å². The van der Waals surface area contributed by atoms with E-state index in [0.29, 0.717) is 52.1 Å². The Kier molecular flexibility index (Phi) is 5.15. The third-order valence-electron chi connectivity index (χ3n) is 7.21. The van der Waals surface area contributed by atoms with Gasteiger partial charge in [-0.25, -0.2) is 18.7 Å². The molecule has 2 aliphatic rings. The number of aromatic nitrogens is 5. The molecular weight excluding hydrogens is 466 g/mol. The first-order valence-electron chi connectivity index (χ1n) is 11.7. The van der Waals surface area contributed by atoms with Gasteiger partial charge in [0.25, 0.3) is 0 Å². The van der Waals surface area contributed by atoms with Crippen molar-refractivity contribution in [2.24, 2.45) is 11.7 Å². The van der Waals surface area contributed by atoms with Crippen LogP contribution >= 0.6 is 0 Å². The van der Waals surface area contributed by atoms with Gasteiger partial charge in [-0.3, -0.25) is 0 Å². The van der Waals surface area contributed by atoms with Crippen molar-refractivity contribution in [1.82, 2.24) is 24.9 Å². The second-order valence-electron chi connectivity index (χ2n) is 9.37. The number of terminal acetylenes is 1. The van der Waals surface area contributed by atoms with E-state index in [1.807, 2.05) is 6.92 Å². The van der Waals surface area contributed by atoms with E-state index in [9.17, 15) is 4.39 Å². The van der Waals surface area contributed by atoms with Crippen LogP contribution in [0.4, 0.5) is 20.3 Å². The number of fused-ring (bicyclic) bond motifs is 5. The van der Waals surface area contributed by atoms with Crippen LogP contribution in [0.15, 0.2) is 18.5 Å². The highest BCUT2D eigenvalue weighted by molar-refractivity contribution is 6.15. The SMILES string of the molecule is C#CC(C)c1ncc(Oc2nc(N3C[C@H]4C[C@@H]3C[C@H]4N)c3c(n2)[nH]c2c(NC)cc(F)c(F)c23)cn1. The Bertz CT molecular complexity index is 1530. The van der Waals surface area contributed by atoms with Gasteiger partial charge in [0.05, 0.1) is 40.3 Å². The molecular formula is C25H24F2N8O. The molecule has 4 heterocycles. The molecule has 4 atom stereocenters. The summed E-state index contributed by atoms with van der Waals surface area (Å²) >= 11 is 0. The van der Waals surface area contributed by atoms with Crippen molar-refractivity contribution >= 4 is 33.4 Å². The number of nitrogens with two attached hydrogens (primary N) is 1. The summed E-state index contributed by atoms with van der Waals surface area (Å²) in [6, 6.07) is 1.41. The molecule has 1 aliphatic carbocycles. The van der Waals surface area contributed by atoms with Crippen LogP contribution in [-0.2, 0) is 0 Å². The minimum absolute atomic E-state index is 0.0318. The molecule has 9 nitrogen and oxygen atoms in total. The Morgan fingerprint density at radius 3 is 2.67 bits per heavy atom. The van der Waals surface area contributed by atoms with Crippen molar-refractivity contribution in [1.29, 1.82) is 0 Å². The molecule has 184 valence electrons. The summed E-state index contributed by atoms with van der Waals surface area (Å²) < 4.78 is 35.6. The number of halogens is 2. The fourth-order valence-corrected chi connectivity index (χ4v) is 5.34. The molecule has 36 heavy (non-hydrogen) atoms. The summed E-state index contributed by atoms with van der Waals surface area (Å²) in [7, 11) is 1.64. The number of benzene rings is 1. The van der Waals surface area contributed by atoms with Crippen LogP contribution in [0, 0.1) is 29.9 Å². The maximum absolute atomic E-state index is 15.2. The highest BCUT2D eigenvalue weighted by atomic mass is 19.2. The summed E-state index contributed by atoms with van der Waals surface area (Å²) in [6.45, 7) is 2.49. The third-order valence-corrected chi connectivity index (χ3v) is 7.21. The summed E-state index contributed by atoms with van der Waals surface area (Å²) in [5.41, 5.74) is 7.40. The number of piperidine rings is 1. The van der Waals surface area contributed by atoms with Gasteiger partial charge in [-0.15, -0.1) is 6.42 Å². The molecule has 4 N–H and O–H groups in total. The second-order valence-corrected chi connectivity index (χ2v) is 9.37. The lowest BCUT2D eigenvalue weighted by Crippen LogP contribution is -2.41. The number of H-pyrrole nitrogens is 1. The second kappa shape index (κ2) is 8.27. The number of anilines is 2. The largest absolute Gasteiger partial charge is 0.421 e. The summed E-state index contributed by atoms with van der Waals surface area (Å²) in [5.74, 6) is 2.04. The van der Waals surface area contributed by atoms with Crippen LogP contribution in [0.1, 0.15) is 31.5 Å². The van der Waals surface area contributed by atoms with Crippen molar-refractivity contribution in [3.8, 4) is 24.1 Å². The molecule has 2 bridgehead atoms. The van der Waals surface area contributed by atoms with Crippen LogP contribution in [0.3, 0.4) is 0 Å². The molecule has 0 radical (unpaired) electrons. The highest BCUT2D eigenvalue weighted by Gasteiger charge is 2.44. The molecule has 1 aromatic carbocycles. The summed E-state index contributed by atoms with van der Waals surface area (Å²) in [5, 5.41) is 3.42. The van der Waals surface area contributed by atoms with Crippen molar-refractivity contribution in [3.05, 3.63) is 35.9 Å². The number of hydrogen-bond acceptors (Lipinski definition) is 8. The number of ether oxygens (including phenoxy) is 1. The number of rotatable bonds is 5. The average molecular weight is 491 g/mol. The molecule has 0 amide bonds. The van der Waals surface area contributed by atoms with E-state index < -0.39 is 11.6 Å². The lowest BCUT2D eigenvalue weighted by atomic mass is 10.0. The van der Waals surface area contributed by atoms with E-state index in [-0.39, 0.29) is 29.4 Å². The predicted octanol–water partition coefficient (Wildman–Crippen LogP) is 3.68. The predicted molar refractivity (Wildman–Crippen MR) is 132 cm³/mol. The number of aromatic amines is 1. The Hall–Kier alpha value is -4.04. The normalized spacial score (nSPS) is 21.8. The molecule has 0 spiro atoms. The maximum atomic E-state index is 15.2. The van der Waals surface area contributed by atoms with Gasteiger partial charge in [0.15, 0.2) is 17.4 Å². The zero-order valence-corrected chi connectivity index (χ0v) is 19.7. The minimum Gasteiger partial charge on any atom is -0.421 e. The Balaban J connectivity index is 1.51. The van der Waals surface area contributed by atoms with E-state index in [4.69, 9.17) is 16.9 Å². The molecule has 3 aromatic heterocycles. The third kappa shape index (κ3) is 3.40. The Morgan fingerprint density at radius 1 is 1.25 bits per heavy atom. The zero-order valence-electron chi connectivity index (χ0n) is 19.7. The van der Waals surface area contributed by atoms with Gasteiger partial charge in [0.2, 0.25) is 0 Å². The average Bonchev–Trinajstić information content (AvgIpc) is 3.58. The lowest BCUT2D eigenvalue weighted by molar-refractivity contribution is 0.435. The number of hydrogen-bond donors (Lipinski definition) is 3. The highest BCUT2D eigenvalue weighted by Crippen LogP contribution is 2.44. The molecule has 1 saturated carbocycles. The Morgan fingerprint density at radius 2 is 2.03 bits per heavy atom. The maximum Gasteiger partial charge on any atom is 0.326 e. The first-order chi connectivity index (χ1) is 17.4. The van der Waals surface area contributed by atoms with Gasteiger partial charge in [-0.05, 0) is 25.7 Å². The molecule has 1 aliphatic heterocycles. The van der Waals surface area contributed by atoms with Gasteiger partial charge in [0, 0.05) is 31.7 Å². The van der Waals surface area contributed by atoms with Crippen LogP contribution in [0.25, 0.3) is 21.9 Å². The minimum atomic E-state index is -0.957. The summed E-state index contributed by atoms with van der Waals surface area (Å²) in [6.07, 6.45) is 10.2.